The van der Waals surface area contributed by atoms with Crippen LogP contribution in [0.3, 0.4) is 0 Å². The summed E-state index contributed by atoms with van der Waals surface area (Å²) in [5.41, 5.74) is 5.81. The van der Waals surface area contributed by atoms with Crippen molar-refractivity contribution in [2.45, 2.75) is 12.6 Å². The second-order valence-corrected chi connectivity index (χ2v) is 7.78. The molecule has 158 valence electrons. The maximum atomic E-state index is 6.24. The summed E-state index contributed by atoms with van der Waals surface area (Å²) in [6, 6.07) is 35.5. The summed E-state index contributed by atoms with van der Waals surface area (Å²) in [5, 5.41) is 0. The molecule has 3 heteroatoms. The zero-order chi connectivity index (χ0) is 21.8. The van der Waals surface area contributed by atoms with E-state index < -0.39 is 0 Å². The van der Waals surface area contributed by atoms with E-state index in [1.807, 2.05) is 24.3 Å². The third-order valence-electron chi connectivity index (χ3n) is 5.76. The molecule has 0 spiro atoms. The number of methoxy groups -OCH3 is 1. The number of ether oxygens (including phenoxy) is 2. The highest BCUT2D eigenvalue weighted by Gasteiger charge is 2.28. The molecule has 32 heavy (non-hydrogen) atoms. The highest BCUT2D eigenvalue weighted by atomic mass is 16.5. The molecule has 0 saturated carbocycles. The Balaban J connectivity index is 1.58. The molecular formula is C29H25NO2. The fraction of sp³-hybridized carbons (Fsp3) is 0.103. The fourth-order valence-corrected chi connectivity index (χ4v) is 4.19. The predicted octanol–water partition coefficient (Wildman–Crippen LogP) is 6.85. The first kappa shape index (κ1) is 20.0. The molecule has 0 bridgehead atoms. The molecule has 1 heterocycles. The SMILES string of the molecule is COc1cc2c(cc1OCc1ccccc1)[C@H](c1ccccc1)N(c1ccccc1)C=C2. The van der Waals surface area contributed by atoms with E-state index in [0.717, 1.165) is 28.3 Å². The summed E-state index contributed by atoms with van der Waals surface area (Å²) in [6.45, 7) is 0.490. The van der Waals surface area contributed by atoms with Gasteiger partial charge < -0.3 is 14.4 Å². The van der Waals surface area contributed by atoms with E-state index in [-0.39, 0.29) is 6.04 Å². The highest BCUT2D eigenvalue weighted by molar-refractivity contribution is 5.71. The van der Waals surface area contributed by atoms with Crippen molar-refractivity contribution in [3.63, 3.8) is 0 Å². The molecule has 3 nitrogen and oxygen atoms in total. The van der Waals surface area contributed by atoms with Gasteiger partial charge in [-0.25, -0.2) is 0 Å². The molecule has 4 aromatic carbocycles. The summed E-state index contributed by atoms with van der Waals surface area (Å²) in [5.74, 6) is 1.49. The molecule has 0 aromatic heterocycles. The average Bonchev–Trinajstić information content (AvgIpc) is 2.88. The Morgan fingerprint density at radius 3 is 2.09 bits per heavy atom. The van der Waals surface area contributed by atoms with Gasteiger partial charge in [0.15, 0.2) is 11.5 Å². The summed E-state index contributed by atoms with van der Waals surface area (Å²) >= 11 is 0. The van der Waals surface area contributed by atoms with Crippen LogP contribution in [-0.4, -0.2) is 7.11 Å². The van der Waals surface area contributed by atoms with Crippen molar-refractivity contribution in [2.75, 3.05) is 12.0 Å². The van der Waals surface area contributed by atoms with Crippen LogP contribution >= 0.6 is 0 Å². The van der Waals surface area contributed by atoms with Crippen LogP contribution in [0.2, 0.25) is 0 Å². The molecule has 1 aliphatic rings. The maximum absolute atomic E-state index is 6.24. The molecule has 0 fully saturated rings. The topological polar surface area (TPSA) is 21.7 Å². The smallest absolute Gasteiger partial charge is 0.162 e. The van der Waals surface area contributed by atoms with Crippen molar-refractivity contribution in [1.29, 1.82) is 0 Å². The quantitative estimate of drug-likeness (QED) is 0.341. The minimum Gasteiger partial charge on any atom is -0.493 e. The van der Waals surface area contributed by atoms with Crippen molar-refractivity contribution >= 4 is 11.8 Å². The molecule has 0 unspecified atom stereocenters. The summed E-state index contributed by atoms with van der Waals surface area (Å²) in [6.07, 6.45) is 4.30. The molecular weight excluding hydrogens is 394 g/mol. The van der Waals surface area contributed by atoms with E-state index in [1.165, 1.54) is 11.1 Å². The lowest BCUT2D eigenvalue weighted by Gasteiger charge is -2.36. The van der Waals surface area contributed by atoms with Gasteiger partial charge in [-0.1, -0.05) is 78.9 Å². The molecule has 0 amide bonds. The third-order valence-corrected chi connectivity index (χ3v) is 5.76. The second kappa shape index (κ2) is 9.03. The zero-order valence-electron chi connectivity index (χ0n) is 18.0. The molecule has 4 aromatic rings. The average molecular weight is 420 g/mol. The number of fused-ring (bicyclic) bond motifs is 1. The summed E-state index contributed by atoms with van der Waals surface area (Å²) in [4.78, 5) is 2.31. The van der Waals surface area contributed by atoms with E-state index >= 15 is 0 Å². The van der Waals surface area contributed by atoms with E-state index in [0.29, 0.717) is 6.61 Å². The van der Waals surface area contributed by atoms with Gasteiger partial charge in [-0.05, 0) is 52.6 Å². The Morgan fingerprint density at radius 2 is 1.41 bits per heavy atom. The molecule has 1 atom stereocenters. The van der Waals surface area contributed by atoms with Crippen LogP contribution in [0.25, 0.3) is 6.08 Å². The van der Waals surface area contributed by atoms with Crippen LogP contribution in [0.4, 0.5) is 5.69 Å². The van der Waals surface area contributed by atoms with Gasteiger partial charge in [-0.2, -0.15) is 0 Å². The van der Waals surface area contributed by atoms with Crippen LogP contribution in [0.15, 0.2) is 109 Å². The number of nitrogens with zero attached hydrogens (tertiary/aromatic N) is 1. The number of benzene rings is 4. The number of hydrogen-bond donors (Lipinski definition) is 0. The van der Waals surface area contributed by atoms with Gasteiger partial charge in [-0.3, -0.25) is 0 Å². The highest BCUT2D eigenvalue weighted by Crippen LogP contribution is 2.43. The molecule has 0 N–H and O–H groups in total. The predicted molar refractivity (Wildman–Crippen MR) is 130 cm³/mol. The first-order valence-electron chi connectivity index (χ1n) is 10.8. The minimum atomic E-state index is 0.0311. The van der Waals surface area contributed by atoms with Crippen molar-refractivity contribution < 1.29 is 9.47 Å². The molecule has 0 radical (unpaired) electrons. The number of rotatable bonds is 6. The monoisotopic (exact) mass is 419 g/mol. The van der Waals surface area contributed by atoms with Crippen LogP contribution in [0, 0.1) is 0 Å². The Bertz CT molecular complexity index is 1200. The molecule has 1 aliphatic heterocycles. The minimum absolute atomic E-state index is 0.0311. The molecule has 0 aliphatic carbocycles. The third kappa shape index (κ3) is 3.97. The Hall–Kier alpha value is -3.98. The van der Waals surface area contributed by atoms with E-state index in [1.54, 1.807) is 7.11 Å². The lowest BCUT2D eigenvalue weighted by molar-refractivity contribution is 0.284. The molecule has 0 saturated heterocycles. The Kier molecular flexibility index (Phi) is 5.63. The first-order chi connectivity index (χ1) is 15.8. The van der Waals surface area contributed by atoms with Gasteiger partial charge in [0, 0.05) is 11.9 Å². The van der Waals surface area contributed by atoms with Crippen molar-refractivity contribution in [3.05, 3.63) is 132 Å². The van der Waals surface area contributed by atoms with Gasteiger partial charge in [0.05, 0.1) is 13.2 Å². The van der Waals surface area contributed by atoms with Crippen molar-refractivity contribution in [1.82, 2.24) is 0 Å². The number of anilines is 1. The lowest BCUT2D eigenvalue weighted by atomic mass is 9.90. The van der Waals surface area contributed by atoms with Crippen molar-refractivity contribution in [3.8, 4) is 11.5 Å². The van der Waals surface area contributed by atoms with Crippen LogP contribution in [0.5, 0.6) is 11.5 Å². The second-order valence-electron chi connectivity index (χ2n) is 7.78. The summed E-state index contributed by atoms with van der Waals surface area (Å²) in [7, 11) is 1.69. The van der Waals surface area contributed by atoms with Crippen LogP contribution < -0.4 is 14.4 Å². The van der Waals surface area contributed by atoms with Crippen molar-refractivity contribution in [2.24, 2.45) is 0 Å². The molecule has 5 rings (SSSR count). The van der Waals surface area contributed by atoms with Gasteiger partial charge in [-0.15, -0.1) is 0 Å². The Labute approximate surface area is 189 Å². The lowest BCUT2D eigenvalue weighted by Crippen LogP contribution is -2.27. The zero-order valence-corrected chi connectivity index (χ0v) is 18.0. The number of hydrogen-bond acceptors (Lipinski definition) is 3. The normalized spacial score (nSPS) is 14.7. The van der Waals surface area contributed by atoms with E-state index in [4.69, 9.17) is 9.47 Å². The Morgan fingerprint density at radius 1 is 0.750 bits per heavy atom. The largest absolute Gasteiger partial charge is 0.493 e. The van der Waals surface area contributed by atoms with Crippen LogP contribution in [-0.2, 0) is 6.61 Å². The number of para-hydroxylation sites is 1. The van der Waals surface area contributed by atoms with Crippen LogP contribution in [0.1, 0.15) is 28.3 Å². The van der Waals surface area contributed by atoms with Gasteiger partial charge in [0.1, 0.15) is 6.61 Å². The maximum Gasteiger partial charge on any atom is 0.162 e. The summed E-state index contributed by atoms with van der Waals surface area (Å²) < 4.78 is 11.9. The standard InChI is InChI=1S/C29H25NO2/c1-31-27-19-24-17-18-30(25-15-9-4-10-16-25)29(23-13-7-3-8-14-23)26(24)20-28(27)32-21-22-11-5-2-6-12-22/h2-20,29H,21H2,1H3/t29-/m0/s1. The fourth-order valence-electron chi connectivity index (χ4n) is 4.19. The first-order valence-corrected chi connectivity index (χ1v) is 10.8. The van der Waals surface area contributed by atoms with E-state index in [2.05, 4.69) is 96.0 Å². The van der Waals surface area contributed by atoms with Gasteiger partial charge in [0.2, 0.25) is 0 Å². The van der Waals surface area contributed by atoms with Gasteiger partial charge in [0.25, 0.3) is 0 Å². The van der Waals surface area contributed by atoms with Gasteiger partial charge >= 0.3 is 0 Å². The van der Waals surface area contributed by atoms with E-state index in [9.17, 15) is 0 Å².